The molecule has 0 amide bonds. The van der Waals surface area contributed by atoms with Gasteiger partial charge in [-0.15, -0.1) is 0 Å². The Bertz CT molecular complexity index is 1770. The molecule has 1 fully saturated rings. The van der Waals surface area contributed by atoms with Crippen LogP contribution in [0.15, 0.2) is 71.4 Å². The van der Waals surface area contributed by atoms with Gasteiger partial charge < -0.3 is 24.8 Å². The summed E-state index contributed by atoms with van der Waals surface area (Å²) in [4.78, 5) is 13.3. The summed E-state index contributed by atoms with van der Waals surface area (Å²) >= 11 is 6.83. The first-order chi connectivity index (χ1) is 21.2. The summed E-state index contributed by atoms with van der Waals surface area (Å²) in [6.07, 6.45) is 10.9. The summed E-state index contributed by atoms with van der Waals surface area (Å²) < 4.78 is 16.4. The number of nitrogens with one attached hydrogen (secondary N) is 2. The Morgan fingerprint density at radius 3 is 2.77 bits per heavy atom. The van der Waals surface area contributed by atoms with Gasteiger partial charge in [0.1, 0.15) is 16.7 Å². The van der Waals surface area contributed by atoms with Crippen molar-refractivity contribution in [2.24, 2.45) is 12.0 Å². The number of anilines is 2. The molecule has 3 aromatic heterocycles. The lowest BCUT2D eigenvalue weighted by molar-refractivity contribution is -0.528. The normalized spacial score (nSPS) is 19.5. The van der Waals surface area contributed by atoms with Crippen molar-refractivity contribution in [3.05, 3.63) is 82.7 Å². The van der Waals surface area contributed by atoms with Crippen molar-refractivity contribution in [2.75, 3.05) is 5.32 Å². The molecule has 0 bridgehead atoms. The second-order valence-corrected chi connectivity index (χ2v) is 12.4. The van der Waals surface area contributed by atoms with Crippen LogP contribution in [0.25, 0.3) is 11.2 Å². The van der Waals surface area contributed by atoms with Gasteiger partial charge in [0.25, 0.3) is 0 Å². The van der Waals surface area contributed by atoms with Gasteiger partial charge in [0.05, 0.1) is 43.6 Å². The highest BCUT2D eigenvalue weighted by Gasteiger charge is 2.34. The van der Waals surface area contributed by atoms with E-state index >= 15 is 0 Å². The Morgan fingerprint density at radius 2 is 2.05 bits per heavy atom. The number of halogens is 1. The topological polar surface area (TPSA) is 132 Å². The van der Waals surface area contributed by atoms with Crippen molar-refractivity contribution in [3.63, 3.8) is 0 Å². The summed E-state index contributed by atoms with van der Waals surface area (Å²) in [5.74, 6) is 1.85. The summed E-state index contributed by atoms with van der Waals surface area (Å²) in [6, 6.07) is 12.5. The van der Waals surface area contributed by atoms with Crippen LogP contribution < -0.4 is 15.4 Å². The Hall–Kier alpha value is -4.32. The van der Waals surface area contributed by atoms with Crippen LogP contribution in [0, 0.1) is 5.41 Å². The molecule has 0 radical (unpaired) electrons. The molecular formula is C32H37ClN9O2+. The van der Waals surface area contributed by atoms with Crippen molar-refractivity contribution < 1.29 is 14.8 Å². The molecule has 1 aliphatic heterocycles. The number of ether oxygens (including phenoxy) is 2. The number of allylic oxidation sites excluding steroid dienone is 2. The Morgan fingerprint density at radius 1 is 1.23 bits per heavy atom. The summed E-state index contributed by atoms with van der Waals surface area (Å²) in [6.45, 7) is 7.18. The SMILES string of the molecule is Cn1c(Nc2cc(C(C)(C)C)n([C@H]3CCC[C@H]3OCc3ccccc3)n2)nc2ncc(O/C(C=N)=C3\C=NC=C[NH2+]3)c(Cl)c21. The second-order valence-electron chi connectivity index (χ2n) is 12.0. The van der Waals surface area contributed by atoms with Crippen molar-refractivity contribution in [3.8, 4) is 5.75 Å². The van der Waals surface area contributed by atoms with Crippen LogP contribution in [0.3, 0.4) is 0 Å². The first-order valence-electron chi connectivity index (χ1n) is 14.7. The minimum absolute atomic E-state index is 0.0792. The van der Waals surface area contributed by atoms with Crippen LogP contribution in [0.5, 0.6) is 5.75 Å². The number of hydrogen-bond donors (Lipinski definition) is 3. The predicted octanol–water partition coefficient (Wildman–Crippen LogP) is 5.53. The van der Waals surface area contributed by atoms with Gasteiger partial charge in [-0.1, -0.05) is 62.7 Å². The molecule has 4 aromatic rings. The Kier molecular flexibility index (Phi) is 8.35. The van der Waals surface area contributed by atoms with Crippen LogP contribution in [-0.2, 0) is 23.8 Å². The summed E-state index contributed by atoms with van der Waals surface area (Å²) in [7, 11) is 1.86. The lowest BCUT2D eigenvalue weighted by Crippen LogP contribution is -2.77. The largest absolute Gasteiger partial charge is 0.446 e. The number of rotatable bonds is 9. The number of imidazole rings is 1. The number of hydrogen-bond acceptors (Lipinski definition) is 8. The van der Waals surface area contributed by atoms with Crippen molar-refractivity contribution >= 4 is 47.0 Å². The van der Waals surface area contributed by atoms with Crippen LogP contribution in [-0.4, -0.2) is 42.8 Å². The van der Waals surface area contributed by atoms with Gasteiger partial charge in [0, 0.05) is 24.2 Å². The van der Waals surface area contributed by atoms with Crippen LogP contribution >= 0.6 is 11.6 Å². The van der Waals surface area contributed by atoms with Gasteiger partial charge in [-0.2, -0.15) is 10.1 Å². The van der Waals surface area contributed by atoms with E-state index in [1.807, 2.05) is 35.1 Å². The molecule has 6 rings (SSSR count). The third-order valence-corrected chi connectivity index (χ3v) is 8.25. The first-order valence-corrected chi connectivity index (χ1v) is 15.1. The Labute approximate surface area is 261 Å². The minimum Gasteiger partial charge on any atom is -0.446 e. The zero-order chi connectivity index (χ0) is 30.8. The molecule has 0 spiro atoms. The van der Waals surface area contributed by atoms with E-state index in [9.17, 15) is 0 Å². The fourth-order valence-electron chi connectivity index (χ4n) is 5.64. The molecule has 2 aliphatic rings. The molecule has 4 heterocycles. The number of pyridine rings is 1. The van der Waals surface area contributed by atoms with E-state index in [0.29, 0.717) is 51.8 Å². The minimum atomic E-state index is -0.139. The fourth-order valence-corrected chi connectivity index (χ4v) is 5.93. The summed E-state index contributed by atoms with van der Waals surface area (Å²) in [5.41, 5.74) is 3.87. The van der Waals surface area contributed by atoms with Crippen LogP contribution in [0.1, 0.15) is 57.3 Å². The smallest absolute Gasteiger partial charge is 0.210 e. The number of fused-ring (bicyclic) bond motifs is 1. The Balaban J connectivity index is 1.27. The fraction of sp³-hybridized carbons (Fsp3) is 0.344. The van der Waals surface area contributed by atoms with E-state index in [1.54, 1.807) is 18.6 Å². The molecule has 1 aliphatic carbocycles. The summed E-state index contributed by atoms with van der Waals surface area (Å²) in [5, 5.41) is 18.4. The van der Waals surface area contributed by atoms with E-state index in [1.165, 1.54) is 11.8 Å². The standard InChI is InChI=1S/C32H36ClN9O2/c1-32(2,3)26-15-27(40-42(26)22-11-8-12-23(22)43-19-20-9-6-5-7-10-20)38-31-39-30-29(41(31)4)28(33)25(18-37-30)44-24(16-34)21-17-35-13-14-36-21/h5-7,9-10,13-18,22-23,34,36H,8,11-12,19H2,1-4H3,(H,37,38,39,40)/p+1/b24-21+,34-16?/t22-,23+/m0/s1. The molecule has 1 aromatic carbocycles. The average Bonchev–Trinajstić information content (AvgIpc) is 3.74. The predicted molar refractivity (Wildman–Crippen MR) is 172 cm³/mol. The van der Waals surface area contributed by atoms with Gasteiger partial charge >= 0.3 is 0 Å². The zero-order valence-electron chi connectivity index (χ0n) is 25.3. The molecule has 1 saturated carbocycles. The molecule has 2 atom stereocenters. The molecule has 0 unspecified atom stereocenters. The maximum Gasteiger partial charge on any atom is 0.210 e. The quantitative estimate of drug-likeness (QED) is 0.168. The maximum atomic E-state index is 7.83. The van der Waals surface area contributed by atoms with E-state index in [2.05, 4.69) is 58.9 Å². The lowest BCUT2D eigenvalue weighted by atomic mass is 9.91. The van der Waals surface area contributed by atoms with Gasteiger partial charge in [0.2, 0.25) is 11.7 Å². The van der Waals surface area contributed by atoms with Crippen LogP contribution in [0.4, 0.5) is 11.8 Å². The number of quaternary nitrogens is 1. The van der Waals surface area contributed by atoms with E-state index in [-0.39, 0.29) is 17.6 Å². The average molecular weight is 615 g/mol. The molecule has 44 heavy (non-hydrogen) atoms. The van der Waals surface area contributed by atoms with Gasteiger partial charge in [-0.05, 0) is 24.8 Å². The molecule has 4 N–H and O–H groups in total. The highest BCUT2D eigenvalue weighted by atomic mass is 35.5. The zero-order valence-corrected chi connectivity index (χ0v) is 26.0. The first kappa shape index (κ1) is 29.7. The number of nitrogens with two attached hydrogens (primary N) is 1. The van der Waals surface area contributed by atoms with E-state index < -0.39 is 0 Å². The number of nitrogens with zero attached hydrogens (tertiary/aromatic N) is 6. The molecule has 0 saturated heterocycles. The van der Waals surface area contributed by atoms with Gasteiger partial charge in [-0.25, -0.2) is 4.98 Å². The lowest BCUT2D eigenvalue weighted by Gasteiger charge is -2.27. The van der Waals surface area contributed by atoms with Crippen molar-refractivity contribution in [2.45, 2.75) is 64.2 Å². The van der Waals surface area contributed by atoms with Gasteiger partial charge in [-0.3, -0.25) is 15.0 Å². The number of benzene rings is 1. The molecule has 12 heteroatoms. The van der Waals surface area contributed by atoms with Crippen LogP contribution in [0.2, 0.25) is 5.02 Å². The molecular weight excluding hydrogens is 578 g/mol. The number of aliphatic imine (C=N–C) groups is 1. The van der Waals surface area contributed by atoms with E-state index in [0.717, 1.165) is 31.2 Å². The highest BCUT2D eigenvalue weighted by molar-refractivity contribution is 6.36. The second kappa shape index (κ2) is 12.4. The third-order valence-electron chi connectivity index (χ3n) is 7.88. The highest BCUT2D eigenvalue weighted by Crippen LogP contribution is 2.38. The molecule has 11 nitrogen and oxygen atoms in total. The number of aryl methyl sites for hydroxylation is 1. The molecule has 228 valence electrons. The van der Waals surface area contributed by atoms with Crippen molar-refractivity contribution in [1.82, 2.24) is 24.3 Å². The van der Waals surface area contributed by atoms with E-state index in [4.69, 9.17) is 36.6 Å². The van der Waals surface area contributed by atoms with Crippen molar-refractivity contribution in [1.29, 1.82) is 5.41 Å². The van der Waals surface area contributed by atoms with Gasteiger partial charge in [0.15, 0.2) is 22.9 Å². The third kappa shape index (κ3) is 6.03. The maximum absolute atomic E-state index is 7.83. The number of aromatic nitrogens is 5. The monoisotopic (exact) mass is 614 g/mol.